The van der Waals surface area contributed by atoms with Crippen molar-refractivity contribution in [1.82, 2.24) is 4.90 Å². The number of benzene rings is 4. The molecule has 3 aliphatic rings. The number of hydrogen-bond acceptors (Lipinski definition) is 5. The van der Waals surface area contributed by atoms with E-state index in [2.05, 4.69) is 10.6 Å². The Morgan fingerprint density at radius 1 is 0.867 bits per heavy atom. The molecule has 2 unspecified atom stereocenters. The lowest BCUT2D eigenvalue weighted by Gasteiger charge is -2.37. The van der Waals surface area contributed by atoms with Gasteiger partial charge in [0.05, 0.1) is 30.1 Å². The van der Waals surface area contributed by atoms with Crippen LogP contribution in [0.4, 0.5) is 11.4 Å². The summed E-state index contributed by atoms with van der Waals surface area (Å²) in [6, 6.07) is 30.7. The summed E-state index contributed by atoms with van der Waals surface area (Å²) < 4.78 is 6.91. The van der Waals surface area contributed by atoms with E-state index >= 15 is 0 Å². The van der Waals surface area contributed by atoms with Gasteiger partial charge in [0, 0.05) is 11.4 Å². The van der Waals surface area contributed by atoms with Crippen LogP contribution in [0, 0.1) is 11.8 Å². The smallest absolute Gasteiger partial charge is 0.250 e. The number of nitrogens with zero attached hydrogens (tertiary/aromatic N) is 1. The van der Waals surface area contributed by atoms with Crippen molar-refractivity contribution < 1.29 is 24.2 Å². The molecule has 0 radical (unpaired) electrons. The van der Waals surface area contributed by atoms with Gasteiger partial charge in [-0.1, -0.05) is 85.8 Å². The molecule has 6 atom stereocenters. The molecule has 3 aliphatic heterocycles. The van der Waals surface area contributed by atoms with Gasteiger partial charge in [-0.05, 0) is 66.3 Å². The number of para-hydroxylation sites is 1. The molecule has 2 bridgehead atoms. The fourth-order valence-corrected chi connectivity index (χ4v) is 8.10. The van der Waals surface area contributed by atoms with E-state index in [0.717, 1.165) is 16.3 Å². The maximum atomic E-state index is 14.7. The normalized spacial score (nSPS) is 27.4. The van der Waals surface area contributed by atoms with Crippen molar-refractivity contribution in [2.24, 2.45) is 11.8 Å². The van der Waals surface area contributed by atoms with E-state index in [0.29, 0.717) is 37.1 Å². The lowest BCUT2D eigenvalue weighted by atomic mass is 9.65. The van der Waals surface area contributed by atoms with E-state index in [4.69, 9.17) is 4.74 Å². The summed E-state index contributed by atoms with van der Waals surface area (Å²) in [5, 5.41) is 18.8. The Hall–Kier alpha value is -4.53. The van der Waals surface area contributed by atoms with Gasteiger partial charge in [0.15, 0.2) is 0 Å². The molecule has 45 heavy (non-hydrogen) atoms. The van der Waals surface area contributed by atoms with Gasteiger partial charge in [0.1, 0.15) is 11.6 Å². The van der Waals surface area contributed by atoms with Crippen LogP contribution in [0.5, 0.6) is 0 Å². The fourth-order valence-electron chi connectivity index (χ4n) is 8.10. The molecule has 3 saturated heterocycles. The summed E-state index contributed by atoms with van der Waals surface area (Å²) in [6.07, 6.45) is 1.89. The Kier molecular flexibility index (Phi) is 7.42. The maximum Gasteiger partial charge on any atom is 0.250 e. The number of aliphatic hydroxyl groups excluding tert-OH is 1. The zero-order valence-corrected chi connectivity index (χ0v) is 25.2. The van der Waals surface area contributed by atoms with Gasteiger partial charge in [0.25, 0.3) is 0 Å². The highest BCUT2D eigenvalue weighted by Crippen LogP contribution is 2.64. The van der Waals surface area contributed by atoms with Crippen molar-refractivity contribution >= 4 is 39.9 Å². The first-order valence-electron chi connectivity index (χ1n) is 15.7. The highest BCUT2D eigenvalue weighted by molar-refractivity contribution is 6.06. The summed E-state index contributed by atoms with van der Waals surface area (Å²) >= 11 is 0. The fraction of sp³-hybridized carbons (Fsp3) is 0.324. The zero-order valence-electron chi connectivity index (χ0n) is 25.2. The number of carbonyl (C=O) groups is 3. The number of rotatable bonds is 9. The minimum atomic E-state index is -1.21. The number of amides is 3. The summed E-state index contributed by atoms with van der Waals surface area (Å²) in [5.41, 5.74) is 0.0836. The Labute approximate surface area is 262 Å². The molecular weight excluding hydrogens is 566 g/mol. The van der Waals surface area contributed by atoms with Crippen molar-refractivity contribution in [2.75, 3.05) is 17.2 Å². The number of anilines is 2. The van der Waals surface area contributed by atoms with Gasteiger partial charge >= 0.3 is 0 Å². The summed E-state index contributed by atoms with van der Waals surface area (Å²) in [7, 11) is 0. The van der Waals surface area contributed by atoms with Crippen molar-refractivity contribution in [2.45, 2.75) is 55.9 Å². The molecule has 3 fully saturated rings. The minimum Gasteiger partial charge on any atom is -0.394 e. The Bertz CT molecular complexity index is 1750. The molecule has 3 amide bonds. The molecular formula is C37H37N3O5. The number of ether oxygens (including phenoxy) is 1. The molecule has 4 aromatic rings. The predicted octanol–water partition coefficient (Wildman–Crippen LogP) is 5.18. The van der Waals surface area contributed by atoms with Crippen LogP contribution in [0.15, 0.2) is 103 Å². The van der Waals surface area contributed by atoms with Crippen molar-refractivity contribution in [3.63, 3.8) is 0 Å². The van der Waals surface area contributed by atoms with E-state index < -0.39 is 35.1 Å². The van der Waals surface area contributed by atoms with Crippen LogP contribution in [0.1, 0.15) is 31.7 Å². The number of hydrogen-bond donors (Lipinski definition) is 3. The number of aliphatic hydroxyl groups is 1. The monoisotopic (exact) mass is 603 g/mol. The Balaban J connectivity index is 1.29. The van der Waals surface area contributed by atoms with Gasteiger partial charge in [-0.25, -0.2) is 0 Å². The number of carbonyl (C=O) groups excluding carboxylic acids is 3. The van der Waals surface area contributed by atoms with E-state index in [1.165, 1.54) is 4.90 Å². The average molecular weight is 604 g/mol. The van der Waals surface area contributed by atoms with E-state index in [9.17, 15) is 19.5 Å². The van der Waals surface area contributed by atoms with Crippen LogP contribution in [0.25, 0.3) is 10.8 Å². The zero-order chi connectivity index (χ0) is 31.2. The van der Waals surface area contributed by atoms with Crippen LogP contribution in [-0.4, -0.2) is 57.6 Å². The molecule has 1 spiro atoms. The molecule has 7 rings (SSSR count). The number of nitrogens with one attached hydrogen (secondary N) is 2. The largest absolute Gasteiger partial charge is 0.394 e. The van der Waals surface area contributed by atoms with Crippen LogP contribution < -0.4 is 10.6 Å². The Morgan fingerprint density at radius 3 is 2.24 bits per heavy atom. The molecule has 0 aliphatic carbocycles. The third-order valence-electron chi connectivity index (χ3n) is 10.1. The van der Waals surface area contributed by atoms with Crippen LogP contribution >= 0.6 is 0 Å². The molecule has 4 aromatic carbocycles. The third-order valence-corrected chi connectivity index (χ3v) is 10.1. The van der Waals surface area contributed by atoms with Gasteiger partial charge < -0.3 is 25.4 Å². The molecule has 0 saturated carbocycles. The van der Waals surface area contributed by atoms with Gasteiger partial charge in [-0.15, -0.1) is 0 Å². The van der Waals surface area contributed by atoms with Crippen molar-refractivity contribution in [3.8, 4) is 0 Å². The predicted molar refractivity (Wildman–Crippen MR) is 172 cm³/mol. The summed E-state index contributed by atoms with van der Waals surface area (Å²) in [5.74, 6) is -2.66. The lowest BCUT2D eigenvalue weighted by molar-refractivity contribution is -0.148. The first-order chi connectivity index (χ1) is 21.9. The second-order valence-electron chi connectivity index (χ2n) is 12.5. The molecule has 0 aromatic heterocycles. The molecule has 8 heteroatoms. The van der Waals surface area contributed by atoms with Gasteiger partial charge in [0.2, 0.25) is 17.7 Å². The molecule has 230 valence electrons. The highest BCUT2D eigenvalue weighted by atomic mass is 16.5. The molecule has 3 heterocycles. The maximum absolute atomic E-state index is 14.7. The van der Waals surface area contributed by atoms with Crippen LogP contribution in [-0.2, 0) is 25.5 Å². The average Bonchev–Trinajstić information content (AvgIpc) is 3.68. The number of fused-ring (bicyclic) bond motifs is 2. The van der Waals surface area contributed by atoms with E-state index in [1.54, 1.807) is 0 Å². The quantitative estimate of drug-likeness (QED) is 0.245. The Morgan fingerprint density at radius 2 is 1.53 bits per heavy atom. The van der Waals surface area contributed by atoms with Gasteiger partial charge in [-0.3, -0.25) is 14.4 Å². The molecule has 8 nitrogen and oxygen atoms in total. The molecule has 3 N–H and O–H groups in total. The van der Waals surface area contributed by atoms with Crippen molar-refractivity contribution in [1.29, 1.82) is 0 Å². The van der Waals surface area contributed by atoms with Crippen molar-refractivity contribution in [3.05, 3.63) is 109 Å². The summed E-state index contributed by atoms with van der Waals surface area (Å²) in [6.45, 7) is 1.63. The topological polar surface area (TPSA) is 108 Å². The van der Waals surface area contributed by atoms with Gasteiger partial charge in [-0.2, -0.15) is 0 Å². The van der Waals surface area contributed by atoms with Crippen LogP contribution in [0.3, 0.4) is 0 Å². The van der Waals surface area contributed by atoms with E-state index in [-0.39, 0.29) is 24.3 Å². The first-order valence-corrected chi connectivity index (χ1v) is 15.7. The number of likely N-dealkylation sites (tertiary alicyclic amines) is 1. The SMILES string of the molecule is CC[C@]12CCC3(O1)C(C(=O)Nc1ccc4ccccc4c1)N([C@@H](CO)Cc1ccccc1)C(=O)[C@@H]3[C@H]2C(=O)Nc1ccccc1. The minimum absolute atomic E-state index is 0.290. The summed E-state index contributed by atoms with van der Waals surface area (Å²) in [4.78, 5) is 44.8. The lowest BCUT2D eigenvalue weighted by Crippen LogP contribution is -2.57. The van der Waals surface area contributed by atoms with E-state index in [1.807, 2.05) is 110 Å². The first kappa shape index (κ1) is 29.2. The van der Waals surface area contributed by atoms with Crippen LogP contribution in [0.2, 0.25) is 0 Å². The standard InChI is InChI=1S/C37H37N3O5/c1-2-36-19-20-37(45-36)31(30(36)33(42)38-27-15-7-4-8-16-27)35(44)40(29(23-41)21-24-11-5-3-6-12-24)32(37)34(43)39-28-18-17-25-13-9-10-14-26(25)22-28/h3-18,22,29-32,41H,2,19-21,23H2,1H3,(H,38,42)(H,39,43)/t29-,30+,31+,32?,36-,37?/m1/s1. The second kappa shape index (κ2) is 11.4. The second-order valence-corrected chi connectivity index (χ2v) is 12.5. The third kappa shape index (κ3) is 4.80. The highest BCUT2D eigenvalue weighted by Gasteiger charge is 2.79.